The molecule has 0 aromatic heterocycles. The fourth-order valence-corrected chi connectivity index (χ4v) is 8.36. The Morgan fingerprint density at radius 3 is 2.53 bits per heavy atom. The van der Waals surface area contributed by atoms with Crippen LogP contribution in [0.5, 0.6) is 5.75 Å². The number of esters is 2. The zero-order valence-electron chi connectivity index (χ0n) is 20.0. The molecule has 0 bridgehead atoms. The van der Waals surface area contributed by atoms with E-state index in [1.807, 2.05) is 18.2 Å². The molecule has 3 aliphatic rings. The van der Waals surface area contributed by atoms with Crippen molar-refractivity contribution in [3.05, 3.63) is 65.2 Å². The molecule has 2 aromatic carbocycles. The van der Waals surface area contributed by atoms with Crippen LogP contribution in [-0.2, 0) is 32.1 Å². The molecule has 34 heavy (non-hydrogen) atoms. The number of benzene rings is 2. The van der Waals surface area contributed by atoms with E-state index in [1.54, 1.807) is 11.8 Å². The lowest BCUT2D eigenvalue weighted by molar-refractivity contribution is -0.167. The maximum absolute atomic E-state index is 11.9. The van der Waals surface area contributed by atoms with Crippen LogP contribution in [0.3, 0.4) is 0 Å². The molecule has 2 aromatic rings. The summed E-state index contributed by atoms with van der Waals surface area (Å²) in [6.07, 6.45) is 3.66. The Kier molecular flexibility index (Phi) is 6.36. The van der Waals surface area contributed by atoms with Crippen molar-refractivity contribution in [2.24, 2.45) is 11.3 Å². The molecule has 1 saturated carbocycles. The summed E-state index contributed by atoms with van der Waals surface area (Å²) in [4.78, 5) is 23.7. The van der Waals surface area contributed by atoms with E-state index in [0.29, 0.717) is 18.4 Å². The molecule has 0 amide bonds. The van der Waals surface area contributed by atoms with E-state index in [4.69, 9.17) is 14.2 Å². The van der Waals surface area contributed by atoms with Gasteiger partial charge in [0, 0.05) is 24.5 Å². The number of carbonyl (C=O) groups is 2. The lowest BCUT2D eigenvalue weighted by atomic mass is 9.58. The van der Waals surface area contributed by atoms with Crippen molar-refractivity contribution in [3.63, 3.8) is 0 Å². The third-order valence-electron chi connectivity index (χ3n) is 7.81. The Labute approximate surface area is 205 Å². The second-order valence-electron chi connectivity index (χ2n) is 10.1. The average Bonchev–Trinajstić information content (AvgIpc) is 3.08. The first-order valence-corrected chi connectivity index (χ1v) is 13.1. The fourth-order valence-electron chi connectivity index (χ4n) is 6.28. The van der Waals surface area contributed by atoms with Gasteiger partial charge in [-0.2, -0.15) is 0 Å². The molecule has 0 N–H and O–H groups in total. The van der Waals surface area contributed by atoms with Crippen molar-refractivity contribution >= 4 is 23.7 Å². The first-order valence-electron chi connectivity index (χ1n) is 12.1. The van der Waals surface area contributed by atoms with Crippen molar-refractivity contribution in [1.29, 1.82) is 0 Å². The minimum Gasteiger partial charge on any atom is -0.489 e. The lowest BCUT2D eigenvalue weighted by Crippen LogP contribution is -2.49. The van der Waals surface area contributed by atoms with Crippen molar-refractivity contribution in [3.8, 4) is 5.75 Å². The van der Waals surface area contributed by atoms with E-state index >= 15 is 0 Å². The van der Waals surface area contributed by atoms with Crippen LogP contribution in [0.4, 0.5) is 0 Å². The van der Waals surface area contributed by atoms with Gasteiger partial charge in [-0.15, -0.1) is 11.8 Å². The Morgan fingerprint density at radius 2 is 1.79 bits per heavy atom. The van der Waals surface area contributed by atoms with Crippen LogP contribution < -0.4 is 4.74 Å². The highest BCUT2D eigenvalue weighted by Crippen LogP contribution is 2.63. The van der Waals surface area contributed by atoms with Gasteiger partial charge in [0.05, 0.1) is 0 Å². The van der Waals surface area contributed by atoms with Crippen molar-refractivity contribution in [1.82, 2.24) is 0 Å². The molecule has 2 aliphatic carbocycles. The van der Waals surface area contributed by atoms with Gasteiger partial charge in [-0.1, -0.05) is 43.3 Å². The van der Waals surface area contributed by atoms with Gasteiger partial charge in [0.25, 0.3) is 0 Å². The highest BCUT2D eigenvalue weighted by molar-refractivity contribution is 8.00. The Morgan fingerprint density at radius 1 is 1.03 bits per heavy atom. The third kappa shape index (κ3) is 4.33. The van der Waals surface area contributed by atoms with E-state index in [-0.39, 0.29) is 22.6 Å². The normalized spacial score (nSPS) is 31.6. The molecule has 3 unspecified atom stereocenters. The maximum atomic E-state index is 11.9. The quantitative estimate of drug-likeness (QED) is 0.516. The van der Waals surface area contributed by atoms with Crippen LogP contribution in [-0.4, -0.2) is 28.7 Å². The monoisotopic (exact) mass is 480 g/mol. The molecule has 1 heterocycles. The smallest absolute Gasteiger partial charge is 0.303 e. The number of aryl methyl sites for hydroxylation is 1. The predicted octanol–water partition coefficient (Wildman–Crippen LogP) is 5.65. The lowest BCUT2D eigenvalue weighted by Gasteiger charge is -2.49. The topological polar surface area (TPSA) is 61.8 Å². The second kappa shape index (κ2) is 9.29. The molecule has 2 fully saturated rings. The first kappa shape index (κ1) is 23.3. The number of hydrogen-bond acceptors (Lipinski definition) is 6. The zero-order chi connectivity index (χ0) is 23.9. The highest BCUT2D eigenvalue weighted by Gasteiger charge is 2.61. The summed E-state index contributed by atoms with van der Waals surface area (Å²) < 4.78 is 17.5. The minimum absolute atomic E-state index is 0.201. The SMILES string of the molecule is CC(=O)OC1S[C@H]2C3CCc4cc(OCc5ccccc5)ccc4C3CC[C@]2(C)[C@H]1OC(C)=O. The number of fused-ring (bicyclic) bond motifs is 5. The van der Waals surface area contributed by atoms with Crippen LogP contribution in [0.15, 0.2) is 48.5 Å². The molecule has 5 nitrogen and oxygen atoms in total. The van der Waals surface area contributed by atoms with E-state index < -0.39 is 11.5 Å². The number of ether oxygens (including phenoxy) is 3. The molecule has 6 atom stereocenters. The van der Waals surface area contributed by atoms with Gasteiger partial charge < -0.3 is 14.2 Å². The van der Waals surface area contributed by atoms with Crippen LogP contribution in [0.2, 0.25) is 0 Å². The van der Waals surface area contributed by atoms with Crippen LogP contribution >= 0.6 is 11.8 Å². The van der Waals surface area contributed by atoms with Crippen LogP contribution in [0, 0.1) is 11.3 Å². The molecule has 1 saturated heterocycles. The summed E-state index contributed by atoms with van der Waals surface area (Å²) in [6.45, 7) is 5.64. The molecular formula is C28H32O5S. The molecular weight excluding hydrogens is 448 g/mol. The van der Waals surface area contributed by atoms with E-state index in [1.165, 1.54) is 25.0 Å². The van der Waals surface area contributed by atoms with E-state index in [9.17, 15) is 9.59 Å². The Balaban J connectivity index is 1.35. The summed E-state index contributed by atoms with van der Waals surface area (Å²) in [5.41, 5.74) is 3.32. The molecule has 6 heteroatoms. The summed E-state index contributed by atoms with van der Waals surface area (Å²) in [6, 6.07) is 16.8. The predicted molar refractivity (Wildman–Crippen MR) is 132 cm³/mol. The summed E-state index contributed by atoms with van der Waals surface area (Å²) >= 11 is 1.70. The first-order chi connectivity index (χ1) is 16.3. The van der Waals surface area contributed by atoms with Gasteiger partial charge in [0.2, 0.25) is 0 Å². The number of rotatable bonds is 5. The van der Waals surface area contributed by atoms with Crippen molar-refractivity contribution in [2.75, 3.05) is 0 Å². The van der Waals surface area contributed by atoms with Crippen molar-refractivity contribution in [2.45, 2.75) is 75.8 Å². The van der Waals surface area contributed by atoms with Gasteiger partial charge in [0.1, 0.15) is 12.4 Å². The standard InChI is InChI=1S/C28H32O5S/c1-17(29)32-25-27(33-18(2)30)34-26-24-11-9-20-15-21(31-16-19-7-5-4-6-8-19)10-12-22(20)23(24)13-14-28(25,26)3/h4-8,10,12,15,23-27H,9,11,13-14,16H2,1-3H3/t23?,24?,25-,26-,27?,28+/m0/s1. The minimum atomic E-state index is -0.440. The van der Waals surface area contributed by atoms with Crippen LogP contribution in [0.25, 0.3) is 0 Å². The van der Waals surface area contributed by atoms with E-state index in [2.05, 4.69) is 37.3 Å². The summed E-state index contributed by atoms with van der Waals surface area (Å²) in [5, 5.41) is 0.280. The summed E-state index contributed by atoms with van der Waals surface area (Å²) in [5.74, 6) is 1.20. The Bertz CT molecular complexity index is 1070. The fraction of sp³-hybridized carbons (Fsp3) is 0.500. The number of hydrogen-bond donors (Lipinski definition) is 0. The highest BCUT2D eigenvalue weighted by atomic mass is 32.2. The zero-order valence-corrected chi connectivity index (χ0v) is 20.8. The van der Waals surface area contributed by atoms with Crippen molar-refractivity contribution < 1.29 is 23.8 Å². The van der Waals surface area contributed by atoms with Gasteiger partial charge in [-0.25, -0.2) is 0 Å². The van der Waals surface area contributed by atoms with Gasteiger partial charge in [0.15, 0.2) is 11.5 Å². The van der Waals surface area contributed by atoms with Gasteiger partial charge in [-0.3, -0.25) is 9.59 Å². The second-order valence-corrected chi connectivity index (χ2v) is 11.3. The number of thioether (sulfide) groups is 1. The van der Waals surface area contributed by atoms with Gasteiger partial charge >= 0.3 is 11.9 Å². The third-order valence-corrected chi connectivity index (χ3v) is 9.60. The van der Waals surface area contributed by atoms with E-state index in [0.717, 1.165) is 37.0 Å². The molecule has 0 radical (unpaired) electrons. The molecule has 5 rings (SSSR count). The Hall–Kier alpha value is -2.47. The summed E-state index contributed by atoms with van der Waals surface area (Å²) in [7, 11) is 0. The molecule has 180 valence electrons. The molecule has 1 aliphatic heterocycles. The average molecular weight is 481 g/mol. The largest absolute Gasteiger partial charge is 0.489 e. The number of carbonyl (C=O) groups excluding carboxylic acids is 2. The van der Waals surface area contributed by atoms with Crippen LogP contribution in [0.1, 0.15) is 62.6 Å². The molecule has 0 spiro atoms. The maximum Gasteiger partial charge on any atom is 0.303 e. The van der Waals surface area contributed by atoms with Gasteiger partial charge in [-0.05, 0) is 66.3 Å².